The average Bonchev–Trinajstić information content (AvgIpc) is 2.92. The lowest BCUT2D eigenvalue weighted by Gasteiger charge is -2.47. The first-order valence-electron chi connectivity index (χ1n) is 14.0. The quantitative estimate of drug-likeness (QED) is 0.479. The van der Waals surface area contributed by atoms with Gasteiger partial charge in [0.1, 0.15) is 5.75 Å². The second-order valence-corrected chi connectivity index (χ2v) is 11.9. The summed E-state index contributed by atoms with van der Waals surface area (Å²) in [5, 5.41) is 0.512. The summed E-state index contributed by atoms with van der Waals surface area (Å²) in [5.41, 5.74) is 2.29. The number of para-hydroxylation sites is 1. The van der Waals surface area contributed by atoms with Gasteiger partial charge in [0.15, 0.2) is 0 Å². The first-order valence-corrected chi connectivity index (χ1v) is 14.4. The minimum Gasteiger partial charge on any atom is -0.496 e. The van der Waals surface area contributed by atoms with Gasteiger partial charge in [-0.15, -0.1) is 0 Å². The molecule has 1 aliphatic carbocycles. The Morgan fingerprint density at radius 3 is 2.13 bits per heavy atom. The van der Waals surface area contributed by atoms with Crippen LogP contribution in [0.15, 0.2) is 42.5 Å². The predicted molar refractivity (Wildman–Crippen MR) is 152 cm³/mol. The topological polar surface area (TPSA) is 53.1 Å². The normalized spacial score (nSPS) is 20.1. The largest absolute Gasteiger partial charge is 0.496 e. The van der Waals surface area contributed by atoms with Gasteiger partial charge in [0.05, 0.1) is 23.1 Å². The number of nitrogens with zero attached hydrogens (tertiary/aromatic N) is 3. The number of carbonyl (C=O) groups excluding carboxylic acids is 2. The van der Waals surface area contributed by atoms with Crippen LogP contribution in [-0.4, -0.2) is 69.0 Å². The molecule has 0 atom stereocenters. The van der Waals surface area contributed by atoms with Gasteiger partial charge in [0, 0.05) is 51.5 Å². The van der Waals surface area contributed by atoms with Crippen molar-refractivity contribution < 1.29 is 14.3 Å². The fraction of sp³-hybridized carbons (Fsp3) is 0.548. The SMILES string of the molecule is COc1ccccc1C1(C(=O)N2CCC(C3CCN(c4ccc(C(=O)N(C)C)c(Cl)c4)CC3)CC2)CCC1. The van der Waals surface area contributed by atoms with E-state index in [2.05, 4.69) is 15.9 Å². The number of halogens is 1. The summed E-state index contributed by atoms with van der Waals surface area (Å²) in [6.07, 6.45) is 7.41. The van der Waals surface area contributed by atoms with Crippen molar-refractivity contribution >= 4 is 29.1 Å². The summed E-state index contributed by atoms with van der Waals surface area (Å²) < 4.78 is 5.63. The molecule has 5 rings (SSSR count). The van der Waals surface area contributed by atoms with E-state index in [1.54, 1.807) is 26.1 Å². The van der Waals surface area contributed by atoms with E-state index in [1.165, 1.54) is 0 Å². The molecular weight excluding hydrogens is 498 g/mol. The number of amides is 2. The highest BCUT2D eigenvalue weighted by atomic mass is 35.5. The Balaban J connectivity index is 1.16. The van der Waals surface area contributed by atoms with Gasteiger partial charge in [0.2, 0.25) is 5.91 Å². The van der Waals surface area contributed by atoms with Crippen LogP contribution < -0.4 is 9.64 Å². The zero-order valence-electron chi connectivity index (χ0n) is 22.9. The van der Waals surface area contributed by atoms with E-state index in [-0.39, 0.29) is 5.91 Å². The zero-order valence-corrected chi connectivity index (χ0v) is 23.7. The summed E-state index contributed by atoms with van der Waals surface area (Å²) >= 11 is 6.47. The van der Waals surface area contributed by atoms with E-state index in [0.29, 0.717) is 28.3 Å². The minimum atomic E-state index is -0.404. The van der Waals surface area contributed by atoms with Crippen molar-refractivity contribution in [1.82, 2.24) is 9.80 Å². The molecule has 1 saturated carbocycles. The van der Waals surface area contributed by atoms with Crippen LogP contribution in [0.25, 0.3) is 0 Å². The van der Waals surface area contributed by atoms with E-state index >= 15 is 0 Å². The van der Waals surface area contributed by atoms with Crippen molar-refractivity contribution in [1.29, 1.82) is 0 Å². The predicted octanol–water partition coefficient (Wildman–Crippen LogP) is 5.63. The fourth-order valence-electron chi connectivity index (χ4n) is 6.79. The van der Waals surface area contributed by atoms with Crippen LogP contribution in [0.4, 0.5) is 5.69 Å². The molecule has 0 N–H and O–H groups in total. The van der Waals surface area contributed by atoms with Crippen molar-refractivity contribution in [2.45, 2.75) is 50.4 Å². The Hall–Kier alpha value is -2.73. The molecule has 3 fully saturated rings. The fourth-order valence-corrected chi connectivity index (χ4v) is 7.05. The molecule has 0 spiro atoms. The number of rotatable bonds is 6. The number of anilines is 1. The van der Waals surface area contributed by atoms with Crippen LogP contribution in [0.3, 0.4) is 0 Å². The third-order valence-electron chi connectivity index (χ3n) is 9.23. The standard InChI is InChI=1S/C31H40ClN3O3/c1-33(2)29(36)25-10-9-24(21-27(25)32)34-17-11-22(12-18-34)23-13-19-35(20-14-23)30(37)31(15-6-16-31)26-7-4-5-8-28(26)38-3/h4-5,7-10,21-23H,6,11-20H2,1-3H3. The highest BCUT2D eigenvalue weighted by Crippen LogP contribution is 2.49. The lowest BCUT2D eigenvalue weighted by Crippen LogP contribution is -2.53. The number of ether oxygens (including phenoxy) is 1. The van der Waals surface area contributed by atoms with Gasteiger partial charge in [-0.3, -0.25) is 9.59 Å². The van der Waals surface area contributed by atoms with Gasteiger partial charge in [-0.05, 0) is 74.6 Å². The second-order valence-electron chi connectivity index (χ2n) is 11.5. The number of carbonyl (C=O) groups is 2. The maximum atomic E-state index is 13.8. The molecule has 2 heterocycles. The molecule has 2 aromatic carbocycles. The molecule has 0 aromatic heterocycles. The van der Waals surface area contributed by atoms with E-state index in [4.69, 9.17) is 16.3 Å². The molecule has 0 bridgehead atoms. The highest BCUT2D eigenvalue weighted by Gasteiger charge is 2.49. The average molecular weight is 538 g/mol. The van der Waals surface area contributed by atoms with Gasteiger partial charge in [0.25, 0.3) is 5.91 Å². The molecule has 2 aliphatic heterocycles. The van der Waals surface area contributed by atoms with Crippen LogP contribution in [0.1, 0.15) is 60.9 Å². The monoisotopic (exact) mass is 537 g/mol. The first-order chi connectivity index (χ1) is 18.3. The maximum Gasteiger partial charge on any atom is 0.254 e. The summed E-state index contributed by atoms with van der Waals surface area (Å²) in [7, 11) is 5.18. The lowest BCUT2D eigenvalue weighted by atomic mass is 9.63. The zero-order chi connectivity index (χ0) is 26.9. The molecule has 0 unspecified atom stereocenters. The van der Waals surface area contributed by atoms with E-state index in [1.807, 2.05) is 36.4 Å². The Labute approximate surface area is 231 Å². The van der Waals surface area contributed by atoms with E-state index in [9.17, 15) is 9.59 Å². The van der Waals surface area contributed by atoms with Gasteiger partial charge < -0.3 is 19.4 Å². The van der Waals surface area contributed by atoms with Crippen molar-refractivity contribution in [3.63, 3.8) is 0 Å². The number of hydrogen-bond donors (Lipinski definition) is 0. The Kier molecular flexibility index (Phi) is 7.90. The smallest absolute Gasteiger partial charge is 0.254 e. The molecule has 38 heavy (non-hydrogen) atoms. The minimum absolute atomic E-state index is 0.0729. The third-order valence-corrected chi connectivity index (χ3v) is 9.54. The molecule has 204 valence electrons. The molecule has 2 aromatic rings. The molecular formula is C31H40ClN3O3. The van der Waals surface area contributed by atoms with Crippen LogP contribution in [0, 0.1) is 11.8 Å². The van der Waals surface area contributed by atoms with Gasteiger partial charge >= 0.3 is 0 Å². The second kappa shape index (κ2) is 11.2. The van der Waals surface area contributed by atoms with Crippen molar-refractivity contribution in [3.8, 4) is 5.75 Å². The van der Waals surface area contributed by atoms with Gasteiger partial charge in [-0.25, -0.2) is 0 Å². The van der Waals surface area contributed by atoms with Crippen LogP contribution in [-0.2, 0) is 10.2 Å². The van der Waals surface area contributed by atoms with Crippen molar-refractivity contribution in [2.75, 3.05) is 52.3 Å². The van der Waals surface area contributed by atoms with Crippen molar-refractivity contribution in [3.05, 3.63) is 58.6 Å². The summed E-state index contributed by atoms with van der Waals surface area (Å²) in [5.74, 6) is 2.43. The lowest BCUT2D eigenvalue weighted by molar-refractivity contribution is -0.142. The molecule has 3 aliphatic rings. The summed E-state index contributed by atoms with van der Waals surface area (Å²) in [4.78, 5) is 32.2. The number of methoxy groups -OCH3 is 1. The summed E-state index contributed by atoms with van der Waals surface area (Å²) in [6, 6.07) is 13.9. The number of piperidine rings is 2. The Bertz CT molecular complexity index is 1160. The highest BCUT2D eigenvalue weighted by molar-refractivity contribution is 6.34. The van der Waals surface area contributed by atoms with Crippen LogP contribution in [0.5, 0.6) is 5.75 Å². The number of benzene rings is 2. The number of hydrogen-bond acceptors (Lipinski definition) is 4. The molecule has 2 saturated heterocycles. The Morgan fingerprint density at radius 2 is 1.58 bits per heavy atom. The molecule has 6 nitrogen and oxygen atoms in total. The van der Waals surface area contributed by atoms with Crippen LogP contribution in [0.2, 0.25) is 5.02 Å². The number of likely N-dealkylation sites (tertiary alicyclic amines) is 1. The van der Waals surface area contributed by atoms with E-state index < -0.39 is 5.41 Å². The van der Waals surface area contributed by atoms with Crippen molar-refractivity contribution in [2.24, 2.45) is 11.8 Å². The molecule has 0 radical (unpaired) electrons. The van der Waals surface area contributed by atoms with Gasteiger partial charge in [-0.2, -0.15) is 0 Å². The van der Waals surface area contributed by atoms with Gasteiger partial charge in [-0.1, -0.05) is 36.2 Å². The van der Waals surface area contributed by atoms with Crippen LogP contribution >= 0.6 is 11.6 Å². The molecule has 7 heteroatoms. The first kappa shape index (κ1) is 26.9. The summed E-state index contributed by atoms with van der Waals surface area (Å²) in [6.45, 7) is 3.71. The third kappa shape index (κ3) is 5.00. The molecule has 2 amide bonds. The maximum absolute atomic E-state index is 13.8. The Morgan fingerprint density at radius 1 is 0.947 bits per heavy atom. The van der Waals surface area contributed by atoms with E-state index in [0.717, 1.165) is 88.1 Å².